The van der Waals surface area contributed by atoms with Gasteiger partial charge in [-0.15, -0.1) is 5.10 Å². The molecule has 1 fully saturated rings. The molecule has 0 spiro atoms. The Morgan fingerprint density at radius 1 is 1.44 bits per heavy atom. The fourth-order valence-corrected chi connectivity index (χ4v) is 3.03. The van der Waals surface area contributed by atoms with Crippen molar-refractivity contribution in [1.82, 2.24) is 14.8 Å². The standard InChI is InChI=1S/C12H14N4OS/c1-7-4-8(13)6-10(5-7)18-12-15-14-11(17)16(12)9-2-3-9/h4-6,9H,2-3,13H2,1H3,(H,14,17). The van der Waals surface area contributed by atoms with Crippen molar-refractivity contribution < 1.29 is 0 Å². The van der Waals surface area contributed by atoms with Crippen molar-refractivity contribution in [2.45, 2.75) is 35.9 Å². The summed E-state index contributed by atoms with van der Waals surface area (Å²) >= 11 is 1.47. The SMILES string of the molecule is Cc1cc(N)cc(Sc2n[nH]c(=O)n2C2CC2)c1. The highest BCUT2D eigenvalue weighted by Gasteiger charge is 2.28. The van der Waals surface area contributed by atoms with Crippen molar-refractivity contribution in [3.63, 3.8) is 0 Å². The van der Waals surface area contributed by atoms with Gasteiger partial charge in [0.15, 0.2) is 5.16 Å². The average Bonchev–Trinajstić information content (AvgIpc) is 3.04. The molecule has 0 radical (unpaired) electrons. The largest absolute Gasteiger partial charge is 0.399 e. The molecule has 2 aromatic rings. The number of aryl methyl sites for hydroxylation is 1. The first-order valence-electron chi connectivity index (χ1n) is 5.85. The number of nitrogens with two attached hydrogens (primary N) is 1. The maximum absolute atomic E-state index is 11.7. The second-order valence-electron chi connectivity index (χ2n) is 4.59. The van der Waals surface area contributed by atoms with Gasteiger partial charge in [0.2, 0.25) is 0 Å². The first-order chi connectivity index (χ1) is 8.63. The number of nitrogens with zero attached hydrogens (tertiary/aromatic N) is 2. The van der Waals surface area contributed by atoms with E-state index in [1.165, 1.54) is 11.8 Å². The summed E-state index contributed by atoms with van der Waals surface area (Å²) in [7, 11) is 0. The lowest BCUT2D eigenvalue weighted by Gasteiger charge is -2.05. The Balaban J connectivity index is 1.94. The minimum atomic E-state index is -0.124. The van der Waals surface area contributed by atoms with Gasteiger partial charge in [-0.05, 0) is 55.3 Å². The summed E-state index contributed by atoms with van der Waals surface area (Å²) in [4.78, 5) is 12.7. The van der Waals surface area contributed by atoms with Gasteiger partial charge in [0.1, 0.15) is 0 Å². The maximum Gasteiger partial charge on any atom is 0.344 e. The van der Waals surface area contributed by atoms with E-state index in [2.05, 4.69) is 10.2 Å². The summed E-state index contributed by atoms with van der Waals surface area (Å²) in [6, 6.07) is 6.18. The number of H-pyrrole nitrogens is 1. The third kappa shape index (κ3) is 2.15. The zero-order chi connectivity index (χ0) is 12.7. The molecule has 3 N–H and O–H groups in total. The summed E-state index contributed by atoms with van der Waals surface area (Å²) in [6.45, 7) is 2.00. The van der Waals surface area contributed by atoms with E-state index in [1.807, 2.05) is 25.1 Å². The minimum absolute atomic E-state index is 0.124. The van der Waals surface area contributed by atoms with E-state index in [0.29, 0.717) is 11.2 Å². The van der Waals surface area contributed by atoms with Crippen LogP contribution in [0.1, 0.15) is 24.4 Å². The van der Waals surface area contributed by atoms with Gasteiger partial charge < -0.3 is 5.73 Å². The molecule has 1 aliphatic carbocycles. The Labute approximate surface area is 108 Å². The van der Waals surface area contributed by atoms with E-state index in [9.17, 15) is 4.79 Å². The fraction of sp³-hybridized carbons (Fsp3) is 0.333. The van der Waals surface area contributed by atoms with Gasteiger partial charge in [-0.3, -0.25) is 4.57 Å². The van der Waals surface area contributed by atoms with Gasteiger partial charge in [-0.2, -0.15) is 0 Å². The Hall–Kier alpha value is -1.69. The van der Waals surface area contributed by atoms with Crippen LogP contribution in [-0.2, 0) is 0 Å². The van der Waals surface area contributed by atoms with E-state index < -0.39 is 0 Å². The molecule has 18 heavy (non-hydrogen) atoms. The summed E-state index contributed by atoms with van der Waals surface area (Å²) in [5, 5.41) is 7.31. The highest BCUT2D eigenvalue weighted by atomic mass is 32.2. The van der Waals surface area contributed by atoms with Crippen LogP contribution in [0.5, 0.6) is 0 Å². The van der Waals surface area contributed by atoms with Gasteiger partial charge in [-0.1, -0.05) is 0 Å². The van der Waals surface area contributed by atoms with Crippen molar-refractivity contribution in [1.29, 1.82) is 0 Å². The third-order valence-corrected chi connectivity index (χ3v) is 3.81. The minimum Gasteiger partial charge on any atom is -0.399 e. The molecule has 1 aromatic carbocycles. The fourth-order valence-electron chi connectivity index (χ4n) is 1.96. The van der Waals surface area contributed by atoms with Crippen molar-refractivity contribution in [3.8, 4) is 0 Å². The number of anilines is 1. The zero-order valence-corrected chi connectivity index (χ0v) is 10.8. The van der Waals surface area contributed by atoms with Gasteiger partial charge in [0.25, 0.3) is 0 Å². The van der Waals surface area contributed by atoms with Crippen LogP contribution in [0.3, 0.4) is 0 Å². The molecule has 1 heterocycles. The first-order valence-corrected chi connectivity index (χ1v) is 6.67. The molecule has 1 saturated carbocycles. The molecule has 0 amide bonds. The molecule has 0 atom stereocenters. The van der Waals surface area contributed by atoms with Crippen LogP contribution in [0, 0.1) is 6.92 Å². The lowest BCUT2D eigenvalue weighted by molar-refractivity contribution is 0.642. The topological polar surface area (TPSA) is 76.7 Å². The Bertz CT molecular complexity index is 622. The van der Waals surface area contributed by atoms with Crippen LogP contribution < -0.4 is 11.4 Å². The first kappa shape index (κ1) is 11.4. The number of hydrogen-bond acceptors (Lipinski definition) is 4. The number of nitrogens with one attached hydrogen (secondary N) is 1. The summed E-state index contributed by atoms with van der Waals surface area (Å²) in [5.41, 5.74) is 7.53. The van der Waals surface area contributed by atoms with Gasteiger partial charge in [-0.25, -0.2) is 9.89 Å². The normalized spacial score (nSPS) is 14.9. The van der Waals surface area contributed by atoms with Crippen LogP contribution in [0.25, 0.3) is 0 Å². The van der Waals surface area contributed by atoms with Crippen LogP contribution in [0.2, 0.25) is 0 Å². The number of nitrogen functional groups attached to an aromatic ring is 1. The number of rotatable bonds is 3. The second kappa shape index (κ2) is 4.20. The lowest BCUT2D eigenvalue weighted by Crippen LogP contribution is -2.15. The monoisotopic (exact) mass is 262 g/mol. The van der Waals surface area contributed by atoms with E-state index in [-0.39, 0.29) is 5.69 Å². The molecular formula is C12H14N4OS. The van der Waals surface area contributed by atoms with Gasteiger partial charge in [0, 0.05) is 16.6 Å². The summed E-state index contributed by atoms with van der Waals surface area (Å²) < 4.78 is 1.74. The zero-order valence-electron chi connectivity index (χ0n) is 10.0. The predicted molar refractivity (Wildman–Crippen MR) is 70.8 cm³/mol. The van der Waals surface area contributed by atoms with Crippen molar-refractivity contribution in [2.75, 3.05) is 5.73 Å². The van der Waals surface area contributed by atoms with Crippen LogP contribution >= 0.6 is 11.8 Å². The third-order valence-electron chi connectivity index (χ3n) is 2.87. The average molecular weight is 262 g/mol. The lowest BCUT2D eigenvalue weighted by atomic mass is 10.2. The molecule has 0 bridgehead atoms. The van der Waals surface area contributed by atoms with Crippen molar-refractivity contribution in [3.05, 3.63) is 34.2 Å². The quantitative estimate of drug-likeness (QED) is 0.829. The van der Waals surface area contributed by atoms with Crippen LogP contribution in [-0.4, -0.2) is 14.8 Å². The smallest absolute Gasteiger partial charge is 0.344 e. The Morgan fingerprint density at radius 2 is 2.22 bits per heavy atom. The van der Waals surface area contributed by atoms with Gasteiger partial charge >= 0.3 is 5.69 Å². The van der Waals surface area contributed by atoms with Crippen LogP contribution in [0.15, 0.2) is 33.0 Å². The molecule has 5 nitrogen and oxygen atoms in total. The van der Waals surface area contributed by atoms with Crippen molar-refractivity contribution >= 4 is 17.4 Å². The molecule has 0 aliphatic heterocycles. The molecule has 0 saturated heterocycles. The Kier molecular flexibility index (Phi) is 2.66. The second-order valence-corrected chi connectivity index (χ2v) is 5.63. The molecule has 94 valence electrons. The molecule has 1 aromatic heterocycles. The number of aromatic amines is 1. The van der Waals surface area contributed by atoms with E-state index in [1.54, 1.807) is 4.57 Å². The predicted octanol–water partition coefficient (Wildman–Crippen LogP) is 1.95. The summed E-state index contributed by atoms with van der Waals surface area (Å²) in [6.07, 6.45) is 2.12. The molecule has 0 unspecified atom stereocenters. The van der Waals surface area contributed by atoms with Crippen molar-refractivity contribution in [2.24, 2.45) is 0 Å². The van der Waals surface area contributed by atoms with Gasteiger partial charge in [0.05, 0.1) is 0 Å². The number of hydrogen-bond donors (Lipinski definition) is 2. The highest BCUT2D eigenvalue weighted by molar-refractivity contribution is 7.99. The molecule has 3 rings (SSSR count). The highest BCUT2D eigenvalue weighted by Crippen LogP contribution is 2.37. The van der Waals surface area contributed by atoms with Crippen LogP contribution in [0.4, 0.5) is 5.69 Å². The number of benzene rings is 1. The summed E-state index contributed by atoms with van der Waals surface area (Å²) in [5.74, 6) is 0. The van der Waals surface area contributed by atoms with E-state index in [0.717, 1.165) is 29.0 Å². The molecule has 1 aliphatic rings. The van der Waals surface area contributed by atoms with E-state index >= 15 is 0 Å². The number of aromatic nitrogens is 3. The molecular weight excluding hydrogens is 248 g/mol. The Morgan fingerprint density at radius 3 is 2.89 bits per heavy atom. The maximum atomic E-state index is 11.7. The molecule has 6 heteroatoms. The van der Waals surface area contributed by atoms with E-state index in [4.69, 9.17) is 5.73 Å².